The van der Waals surface area contributed by atoms with Gasteiger partial charge in [0.1, 0.15) is 11.6 Å². The van der Waals surface area contributed by atoms with Gasteiger partial charge in [0.05, 0.1) is 11.5 Å². The molecule has 2 aromatic carbocycles. The van der Waals surface area contributed by atoms with E-state index in [1.54, 1.807) is 24.3 Å². The van der Waals surface area contributed by atoms with Gasteiger partial charge < -0.3 is 0 Å². The summed E-state index contributed by atoms with van der Waals surface area (Å²) < 4.78 is 2.05. The fraction of sp³-hybridized carbons (Fsp3) is 0.638. The van der Waals surface area contributed by atoms with Crippen molar-refractivity contribution in [2.75, 3.05) is 0 Å². The summed E-state index contributed by atoms with van der Waals surface area (Å²) in [5.74, 6) is 11.5. The van der Waals surface area contributed by atoms with Crippen LogP contribution in [-0.4, -0.2) is 20.2 Å². The van der Waals surface area contributed by atoms with E-state index in [-0.39, 0.29) is 16.2 Å². The molecule has 55 heavy (non-hydrogen) atoms. The van der Waals surface area contributed by atoms with Crippen LogP contribution in [0.25, 0.3) is 11.4 Å². The average Bonchev–Trinajstić information content (AvgIpc) is 3.14. The summed E-state index contributed by atoms with van der Waals surface area (Å²) in [4.78, 5) is 26.7. The smallest absolute Gasteiger partial charge is 0.252 e. The number of benzene rings is 2. The molecule has 1 aromatic heterocycles. The fourth-order valence-electron chi connectivity index (χ4n) is 15.2. The number of carbonyl (C=O) groups excluding carboxylic acids is 1. The number of hydrogen-bond acceptors (Lipinski definition) is 5. The number of nitriles is 1. The molecule has 12 aliphatic carbocycles. The first-order valence-electron chi connectivity index (χ1n) is 21.4. The standard InChI is InChI=1S/C29H34BrN3.C11H15N.C7H4BrClO/c30-24-3-1-23(2-4-24)25-31-26(28-11-17-5-18(12-28)7-19(6-17)13-28)33-27(32-25)29-14-20-8-21(15-29)10-22(9-20)16-29;12-7-11-4-8-1-9(5-11)3-10(2-8)6-11;8-6-3-1-5(2-4-6)7(9)10/h1-4,17-22H,5-16H2;8-10H,1-6H2;1-4H. The second kappa shape index (κ2) is 14.3. The Morgan fingerprint density at radius 1 is 0.545 bits per heavy atom. The highest BCUT2D eigenvalue weighted by Crippen LogP contribution is 2.63. The lowest BCUT2D eigenvalue weighted by molar-refractivity contribution is -0.0192. The average molecular weight is 885 g/mol. The van der Waals surface area contributed by atoms with Crippen molar-refractivity contribution in [3.05, 3.63) is 74.7 Å². The van der Waals surface area contributed by atoms with E-state index < -0.39 is 5.24 Å². The van der Waals surface area contributed by atoms with E-state index in [4.69, 9.17) is 26.6 Å². The van der Waals surface area contributed by atoms with E-state index in [0.717, 1.165) is 73.6 Å². The molecule has 0 atom stereocenters. The largest absolute Gasteiger partial charge is 0.276 e. The fourth-order valence-corrected chi connectivity index (χ4v) is 15.8. The Bertz CT molecular complexity index is 1820. The Labute approximate surface area is 348 Å². The summed E-state index contributed by atoms with van der Waals surface area (Å²) in [6, 6.07) is 18.1. The van der Waals surface area contributed by atoms with Gasteiger partial charge in [-0.05, 0) is 217 Å². The lowest BCUT2D eigenvalue weighted by atomic mass is 9.49. The van der Waals surface area contributed by atoms with Crippen LogP contribution < -0.4 is 0 Å². The molecule has 15 rings (SSSR count). The topological polar surface area (TPSA) is 79.5 Å². The Morgan fingerprint density at radius 3 is 1.20 bits per heavy atom. The molecule has 3 aromatic rings. The molecular formula is C47H53Br2ClN4O. The first-order chi connectivity index (χ1) is 26.5. The summed E-state index contributed by atoms with van der Waals surface area (Å²) in [6.45, 7) is 0. The highest BCUT2D eigenvalue weighted by Gasteiger charge is 2.56. The third-order valence-electron chi connectivity index (χ3n) is 16.1. The van der Waals surface area contributed by atoms with Crippen molar-refractivity contribution in [3.63, 3.8) is 0 Å². The van der Waals surface area contributed by atoms with Crippen molar-refractivity contribution in [3.8, 4) is 17.5 Å². The first-order valence-corrected chi connectivity index (χ1v) is 23.4. The van der Waals surface area contributed by atoms with Gasteiger partial charge in [-0.25, -0.2) is 15.0 Å². The summed E-state index contributed by atoms with van der Waals surface area (Å²) in [5, 5.41) is 8.76. The van der Waals surface area contributed by atoms with E-state index in [1.807, 2.05) is 0 Å². The molecule has 5 nitrogen and oxygen atoms in total. The Balaban J connectivity index is 0.000000138. The third kappa shape index (κ3) is 7.20. The van der Waals surface area contributed by atoms with Crippen molar-refractivity contribution in [2.24, 2.45) is 58.7 Å². The minimum Gasteiger partial charge on any atom is -0.276 e. The van der Waals surface area contributed by atoms with Crippen LogP contribution in [0.2, 0.25) is 0 Å². The van der Waals surface area contributed by atoms with Gasteiger partial charge in [-0.1, -0.05) is 44.0 Å². The van der Waals surface area contributed by atoms with Gasteiger partial charge in [-0.3, -0.25) is 4.79 Å². The second-order valence-electron chi connectivity index (χ2n) is 20.3. The maximum absolute atomic E-state index is 10.5. The molecule has 0 amide bonds. The van der Waals surface area contributed by atoms with Crippen molar-refractivity contribution in [2.45, 2.75) is 126 Å². The highest BCUT2D eigenvalue weighted by atomic mass is 79.9. The molecule has 0 saturated heterocycles. The minimum absolute atomic E-state index is 0.148. The van der Waals surface area contributed by atoms with Crippen molar-refractivity contribution in [1.29, 1.82) is 5.26 Å². The normalized spacial score (nSPS) is 40.5. The summed E-state index contributed by atoms with van der Waals surface area (Å²) in [7, 11) is 0. The SMILES string of the molecule is Brc1ccc(-c2nc(C34CC5CC(CC(C5)C3)C4)nc(C34CC5CC(CC(C5)C3)C4)n2)cc1.N#CC12CC3CC(CC(C3)C1)C2.O=C(Cl)c1ccc(Br)cc1. The van der Waals surface area contributed by atoms with E-state index in [1.165, 1.54) is 127 Å². The van der Waals surface area contributed by atoms with Crippen LogP contribution in [-0.2, 0) is 10.8 Å². The van der Waals surface area contributed by atoms with Gasteiger partial charge in [0.15, 0.2) is 5.82 Å². The molecule has 8 heteroatoms. The molecule has 12 fully saturated rings. The number of carbonyl (C=O) groups is 1. The van der Waals surface area contributed by atoms with Crippen LogP contribution in [0.4, 0.5) is 0 Å². The maximum atomic E-state index is 10.5. The molecule has 0 radical (unpaired) electrons. The Hall–Kier alpha value is -2.14. The van der Waals surface area contributed by atoms with Gasteiger partial charge in [-0.2, -0.15) is 5.26 Å². The lowest BCUT2D eigenvalue weighted by Crippen LogP contribution is -2.51. The minimum atomic E-state index is -0.424. The van der Waals surface area contributed by atoms with Crippen LogP contribution in [0.3, 0.4) is 0 Å². The zero-order chi connectivity index (χ0) is 37.5. The van der Waals surface area contributed by atoms with Crippen molar-refractivity contribution < 1.29 is 4.79 Å². The number of rotatable bonds is 4. The van der Waals surface area contributed by atoms with E-state index in [0.29, 0.717) is 5.56 Å². The van der Waals surface area contributed by atoms with Gasteiger partial charge >= 0.3 is 0 Å². The molecule has 0 N–H and O–H groups in total. The van der Waals surface area contributed by atoms with Crippen molar-refractivity contribution in [1.82, 2.24) is 15.0 Å². The molecule has 12 aliphatic rings. The predicted molar refractivity (Wildman–Crippen MR) is 223 cm³/mol. The molecule has 12 bridgehead atoms. The molecular weight excluding hydrogens is 832 g/mol. The van der Waals surface area contributed by atoms with E-state index in [9.17, 15) is 10.1 Å². The van der Waals surface area contributed by atoms with Crippen molar-refractivity contribution >= 4 is 48.7 Å². The third-order valence-corrected chi connectivity index (χ3v) is 17.4. The van der Waals surface area contributed by atoms with Crippen LogP contribution >= 0.6 is 43.5 Å². The monoisotopic (exact) mass is 882 g/mol. The Kier molecular flexibility index (Phi) is 9.66. The zero-order valence-corrected chi connectivity index (χ0v) is 35.8. The lowest BCUT2D eigenvalue weighted by Gasteiger charge is -2.57. The first kappa shape index (κ1) is 37.2. The summed E-state index contributed by atoms with van der Waals surface area (Å²) >= 11 is 12.1. The second-order valence-corrected chi connectivity index (χ2v) is 22.5. The number of halogens is 3. The van der Waals surface area contributed by atoms with Gasteiger partial charge in [0, 0.05) is 30.9 Å². The number of aromatic nitrogens is 3. The van der Waals surface area contributed by atoms with Crippen LogP contribution in [0.5, 0.6) is 0 Å². The molecule has 12 saturated carbocycles. The molecule has 1 heterocycles. The van der Waals surface area contributed by atoms with Gasteiger partial charge in [0.2, 0.25) is 0 Å². The van der Waals surface area contributed by atoms with Crippen LogP contribution in [0, 0.1) is 70.0 Å². The number of nitrogens with zero attached hydrogens (tertiary/aromatic N) is 4. The van der Waals surface area contributed by atoms with E-state index >= 15 is 0 Å². The molecule has 288 valence electrons. The number of hydrogen-bond donors (Lipinski definition) is 0. The predicted octanol–water partition coefficient (Wildman–Crippen LogP) is 12.8. The zero-order valence-electron chi connectivity index (χ0n) is 31.9. The van der Waals surface area contributed by atoms with Crippen LogP contribution in [0.15, 0.2) is 57.5 Å². The van der Waals surface area contributed by atoms with Gasteiger partial charge in [-0.15, -0.1) is 0 Å². The van der Waals surface area contributed by atoms with Crippen LogP contribution in [0.1, 0.15) is 138 Å². The van der Waals surface area contributed by atoms with E-state index in [2.05, 4.69) is 62.2 Å². The highest BCUT2D eigenvalue weighted by molar-refractivity contribution is 9.10. The molecule has 0 spiro atoms. The summed E-state index contributed by atoms with van der Waals surface area (Å²) in [6.07, 6.45) is 24.8. The molecule has 0 aliphatic heterocycles. The Morgan fingerprint density at radius 2 is 0.873 bits per heavy atom. The molecule has 0 unspecified atom stereocenters. The van der Waals surface area contributed by atoms with Gasteiger partial charge in [0.25, 0.3) is 5.24 Å². The quantitative estimate of drug-likeness (QED) is 0.244. The summed E-state index contributed by atoms with van der Waals surface area (Å²) in [5.41, 5.74) is 2.26. The maximum Gasteiger partial charge on any atom is 0.252 e.